The summed E-state index contributed by atoms with van der Waals surface area (Å²) in [5.41, 5.74) is 0. The fourth-order valence-corrected chi connectivity index (χ4v) is 10.1. The van der Waals surface area contributed by atoms with Crippen molar-refractivity contribution in [1.82, 2.24) is 5.32 Å². The van der Waals surface area contributed by atoms with E-state index in [1.54, 1.807) is 0 Å². The number of phosphoric ester groups is 1. The summed E-state index contributed by atoms with van der Waals surface area (Å²) in [5, 5.41) is 3.03. The summed E-state index contributed by atoms with van der Waals surface area (Å²) in [5.74, 6) is -0.546. The van der Waals surface area contributed by atoms with Crippen LogP contribution in [0.1, 0.15) is 297 Å². The molecule has 80 heavy (non-hydrogen) atoms. The monoisotopic (exact) mass is 1140 g/mol. The average Bonchev–Trinajstić information content (AvgIpc) is 3.43. The number of phosphoric acid groups is 1. The molecule has 0 aliphatic rings. The van der Waals surface area contributed by atoms with Gasteiger partial charge in [0.2, 0.25) is 5.91 Å². The first-order chi connectivity index (χ1) is 38.9. The molecule has 0 aromatic rings. The van der Waals surface area contributed by atoms with Crippen molar-refractivity contribution < 1.29 is 37.3 Å². The molecule has 0 aromatic heterocycles. The first-order valence-corrected chi connectivity index (χ1v) is 34.9. The Morgan fingerprint density at radius 2 is 0.800 bits per heavy atom. The van der Waals surface area contributed by atoms with E-state index in [1.165, 1.54) is 154 Å². The number of nitrogens with one attached hydrogen (secondary N) is 1. The number of esters is 1. The summed E-state index contributed by atoms with van der Waals surface area (Å²) >= 11 is 0. The largest absolute Gasteiger partial charge is 0.756 e. The molecule has 0 saturated heterocycles. The van der Waals surface area contributed by atoms with Gasteiger partial charge in [-0.1, -0.05) is 267 Å². The lowest BCUT2D eigenvalue weighted by molar-refractivity contribution is -0.870. The number of unbranched alkanes of at least 4 members (excludes halogenated alkanes) is 32. The molecule has 0 heterocycles. The number of likely N-dealkylation sites (N-methyl/N-ethyl adjacent to an activating group) is 1. The second kappa shape index (κ2) is 59.4. The molecule has 464 valence electrons. The Morgan fingerprint density at radius 1 is 0.450 bits per heavy atom. The molecular formula is C70H127N2O7P. The standard InChI is InChI=1S/C70H127N2O7P/c1-7-10-13-16-19-22-25-28-30-31-32-33-34-35-36-37-38-39-40-41-43-45-48-51-54-57-60-63-70(74)79-68(61-58-55-52-49-46-27-24-21-18-15-12-9-3)67(66-78-80(75,76)77-65-64-72(4,5)6)71-69(73)62-59-56-53-50-47-44-42-29-26-23-20-17-14-11-8-2/h10,13,19,22-23,26,28,30,32-33,35-36,58,61,67-68H,7-9,11-12,14-18,20-21,24-25,27,29,31,34,37-57,59-60,62-66H2,1-6H3,(H-,71,73,75,76)/b13-10-,22-19-,26-23-,30-28-,33-32-,36-35-,61-58-. The van der Waals surface area contributed by atoms with Gasteiger partial charge in [0.1, 0.15) is 19.3 Å². The van der Waals surface area contributed by atoms with Gasteiger partial charge in [-0.05, 0) is 102 Å². The van der Waals surface area contributed by atoms with Gasteiger partial charge < -0.3 is 28.5 Å². The average molecular weight is 1140 g/mol. The van der Waals surface area contributed by atoms with Gasteiger partial charge in [0.05, 0.1) is 33.8 Å². The second-order valence-electron chi connectivity index (χ2n) is 23.6. The molecule has 1 N–H and O–H groups in total. The van der Waals surface area contributed by atoms with E-state index in [0.717, 1.165) is 109 Å². The number of quaternary nitrogens is 1. The molecule has 0 bridgehead atoms. The van der Waals surface area contributed by atoms with Gasteiger partial charge >= 0.3 is 5.97 Å². The Hall–Kier alpha value is -2.81. The number of hydrogen-bond acceptors (Lipinski definition) is 7. The van der Waals surface area contributed by atoms with E-state index in [1.807, 2.05) is 33.3 Å². The third-order valence-corrected chi connectivity index (χ3v) is 15.5. The van der Waals surface area contributed by atoms with Crippen molar-refractivity contribution in [2.75, 3.05) is 40.9 Å². The molecule has 3 unspecified atom stereocenters. The molecule has 0 aromatic carbocycles. The molecule has 0 aliphatic carbocycles. The SMILES string of the molecule is CC/C=C\C/C=C\C/C=C\C/C=C\C/C=C\CCCCCCCCCCCCCC(=O)OC(/C=C\CCCCCCCCCCCC)C(COP(=O)([O-])OCC[N+](C)(C)C)NC(=O)CCCCCCCCC/C=C\CCCCCC. The predicted octanol–water partition coefficient (Wildman–Crippen LogP) is 20.3. The van der Waals surface area contributed by atoms with E-state index < -0.39 is 26.6 Å². The van der Waals surface area contributed by atoms with Gasteiger partial charge in [-0.25, -0.2) is 0 Å². The van der Waals surface area contributed by atoms with Crippen LogP contribution in [0.3, 0.4) is 0 Å². The lowest BCUT2D eigenvalue weighted by Gasteiger charge is -2.30. The Morgan fingerprint density at radius 3 is 1.23 bits per heavy atom. The van der Waals surface area contributed by atoms with Crippen molar-refractivity contribution >= 4 is 19.7 Å². The van der Waals surface area contributed by atoms with E-state index in [-0.39, 0.29) is 24.9 Å². The molecule has 0 fully saturated rings. The number of hydrogen-bond donors (Lipinski definition) is 1. The van der Waals surface area contributed by atoms with E-state index in [4.69, 9.17) is 13.8 Å². The Labute approximate surface area is 495 Å². The van der Waals surface area contributed by atoms with Gasteiger partial charge in [-0.2, -0.15) is 0 Å². The Balaban J connectivity index is 5.08. The molecular weight excluding hydrogens is 1010 g/mol. The fraction of sp³-hybridized carbons (Fsp3) is 0.771. The molecule has 0 aliphatic heterocycles. The van der Waals surface area contributed by atoms with E-state index in [0.29, 0.717) is 17.4 Å². The predicted molar refractivity (Wildman–Crippen MR) is 344 cm³/mol. The minimum absolute atomic E-state index is 0.0256. The number of carbonyl (C=O) groups excluding carboxylic acids is 2. The highest BCUT2D eigenvalue weighted by Crippen LogP contribution is 2.38. The molecule has 0 rings (SSSR count). The number of allylic oxidation sites excluding steroid dienone is 13. The van der Waals surface area contributed by atoms with E-state index in [2.05, 4.69) is 99.0 Å². The molecule has 0 saturated carbocycles. The number of nitrogens with zero attached hydrogens (tertiary/aromatic N) is 1. The Bertz CT molecular complexity index is 1640. The number of rotatable bonds is 60. The first-order valence-electron chi connectivity index (χ1n) is 33.4. The molecule has 10 heteroatoms. The van der Waals surface area contributed by atoms with Crippen LogP contribution < -0.4 is 10.2 Å². The van der Waals surface area contributed by atoms with E-state index >= 15 is 0 Å². The Kier molecular flexibility index (Phi) is 57.3. The van der Waals surface area contributed by atoms with Crippen LogP contribution in [0.5, 0.6) is 0 Å². The number of ether oxygens (including phenoxy) is 1. The molecule has 0 radical (unpaired) electrons. The van der Waals surface area contributed by atoms with Crippen LogP contribution in [0.4, 0.5) is 0 Å². The summed E-state index contributed by atoms with van der Waals surface area (Å²) in [6.07, 6.45) is 78.4. The summed E-state index contributed by atoms with van der Waals surface area (Å²) in [6, 6.07) is -0.894. The quantitative estimate of drug-likeness (QED) is 0.0212. The van der Waals surface area contributed by atoms with Crippen molar-refractivity contribution in [2.45, 2.75) is 309 Å². The maximum absolute atomic E-state index is 13.5. The van der Waals surface area contributed by atoms with Crippen molar-refractivity contribution in [3.63, 3.8) is 0 Å². The zero-order valence-electron chi connectivity index (χ0n) is 53.0. The first kappa shape index (κ1) is 77.2. The lowest BCUT2D eigenvalue weighted by Crippen LogP contribution is -2.47. The third kappa shape index (κ3) is 59.8. The molecule has 1 amide bonds. The van der Waals surface area contributed by atoms with Crippen molar-refractivity contribution in [3.8, 4) is 0 Å². The number of amides is 1. The van der Waals surface area contributed by atoms with Crippen LogP contribution in [0.15, 0.2) is 85.1 Å². The number of carbonyl (C=O) groups is 2. The maximum atomic E-state index is 13.5. The summed E-state index contributed by atoms with van der Waals surface area (Å²) in [7, 11) is 1.18. The van der Waals surface area contributed by atoms with Crippen LogP contribution in [-0.4, -0.2) is 69.4 Å². The summed E-state index contributed by atoms with van der Waals surface area (Å²) < 4.78 is 30.4. The molecule has 0 spiro atoms. The molecule has 3 atom stereocenters. The second-order valence-corrected chi connectivity index (χ2v) is 25.0. The minimum Gasteiger partial charge on any atom is -0.756 e. The van der Waals surface area contributed by atoms with E-state index in [9.17, 15) is 19.0 Å². The highest BCUT2D eigenvalue weighted by Gasteiger charge is 2.27. The zero-order chi connectivity index (χ0) is 58.6. The highest BCUT2D eigenvalue weighted by atomic mass is 31.2. The lowest BCUT2D eigenvalue weighted by atomic mass is 10.0. The van der Waals surface area contributed by atoms with Crippen LogP contribution in [0, 0.1) is 0 Å². The summed E-state index contributed by atoms with van der Waals surface area (Å²) in [6.45, 7) is 6.73. The fourth-order valence-electron chi connectivity index (χ4n) is 9.43. The topological polar surface area (TPSA) is 114 Å². The van der Waals surface area contributed by atoms with Crippen molar-refractivity contribution in [2.24, 2.45) is 0 Å². The summed E-state index contributed by atoms with van der Waals surface area (Å²) in [4.78, 5) is 40.1. The maximum Gasteiger partial charge on any atom is 0.306 e. The van der Waals surface area contributed by atoms with Gasteiger partial charge in [-0.15, -0.1) is 0 Å². The van der Waals surface area contributed by atoms with Crippen molar-refractivity contribution in [3.05, 3.63) is 85.1 Å². The highest BCUT2D eigenvalue weighted by molar-refractivity contribution is 7.45. The third-order valence-electron chi connectivity index (χ3n) is 14.6. The van der Waals surface area contributed by atoms with Crippen LogP contribution >= 0.6 is 7.82 Å². The van der Waals surface area contributed by atoms with Gasteiger partial charge in [-0.3, -0.25) is 14.2 Å². The zero-order valence-corrected chi connectivity index (χ0v) is 53.9. The van der Waals surface area contributed by atoms with Gasteiger partial charge in [0.15, 0.2) is 0 Å². The van der Waals surface area contributed by atoms with Gasteiger partial charge in [0.25, 0.3) is 7.82 Å². The van der Waals surface area contributed by atoms with Gasteiger partial charge in [0, 0.05) is 12.8 Å². The van der Waals surface area contributed by atoms with Crippen LogP contribution in [0.25, 0.3) is 0 Å². The minimum atomic E-state index is -4.70. The van der Waals surface area contributed by atoms with Crippen LogP contribution in [-0.2, 0) is 27.9 Å². The normalized spacial score (nSPS) is 14.1. The smallest absolute Gasteiger partial charge is 0.306 e. The van der Waals surface area contributed by atoms with Crippen molar-refractivity contribution in [1.29, 1.82) is 0 Å². The van der Waals surface area contributed by atoms with Crippen LogP contribution in [0.2, 0.25) is 0 Å². The molecule has 9 nitrogen and oxygen atoms in total.